The van der Waals surface area contributed by atoms with Gasteiger partial charge in [0.2, 0.25) is 0 Å². The Balaban J connectivity index is 2.10. The molecule has 80 valence electrons. The van der Waals surface area contributed by atoms with Gasteiger partial charge in [0.05, 0.1) is 26.0 Å². The number of hydrogen-bond acceptors (Lipinski definition) is 4. The third-order valence-corrected chi connectivity index (χ3v) is 4.79. The van der Waals surface area contributed by atoms with Gasteiger partial charge in [0.1, 0.15) is 0 Å². The van der Waals surface area contributed by atoms with Crippen LogP contribution in [0.1, 0.15) is 21.6 Å². The van der Waals surface area contributed by atoms with Crippen LogP contribution in [0.15, 0.2) is 21.4 Å². The van der Waals surface area contributed by atoms with Crippen molar-refractivity contribution in [3.05, 3.63) is 36.9 Å². The SMILES string of the molecule is Cc1ncsc1C(O)Cc1ccc(Br)s1. The minimum atomic E-state index is -0.428. The minimum Gasteiger partial charge on any atom is -0.387 e. The van der Waals surface area contributed by atoms with Gasteiger partial charge in [-0.1, -0.05) is 0 Å². The molecule has 2 rings (SSSR count). The van der Waals surface area contributed by atoms with Crippen LogP contribution in [0.2, 0.25) is 0 Å². The number of hydrogen-bond donors (Lipinski definition) is 1. The summed E-state index contributed by atoms with van der Waals surface area (Å²) in [6.07, 6.45) is 0.238. The van der Waals surface area contributed by atoms with Gasteiger partial charge in [-0.15, -0.1) is 22.7 Å². The molecule has 0 fully saturated rings. The predicted molar refractivity (Wildman–Crippen MR) is 67.5 cm³/mol. The molecule has 5 heteroatoms. The third kappa shape index (κ3) is 2.66. The zero-order chi connectivity index (χ0) is 10.8. The molecule has 0 saturated heterocycles. The summed E-state index contributed by atoms with van der Waals surface area (Å²) < 4.78 is 1.10. The van der Waals surface area contributed by atoms with E-state index in [0.717, 1.165) is 14.4 Å². The van der Waals surface area contributed by atoms with Crippen molar-refractivity contribution >= 4 is 38.6 Å². The molecule has 0 bridgehead atoms. The van der Waals surface area contributed by atoms with Gasteiger partial charge in [-0.3, -0.25) is 0 Å². The molecule has 1 N–H and O–H groups in total. The largest absolute Gasteiger partial charge is 0.387 e. The molecule has 0 amide bonds. The Morgan fingerprint density at radius 1 is 1.53 bits per heavy atom. The number of aliphatic hydroxyl groups excluding tert-OH is 1. The van der Waals surface area contributed by atoms with E-state index in [1.165, 1.54) is 16.2 Å². The summed E-state index contributed by atoms with van der Waals surface area (Å²) in [6.45, 7) is 1.93. The highest BCUT2D eigenvalue weighted by Gasteiger charge is 2.14. The molecule has 0 aliphatic carbocycles. The van der Waals surface area contributed by atoms with Crippen LogP contribution in [0.3, 0.4) is 0 Å². The summed E-state index contributed by atoms with van der Waals surface area (Å²) in [6, 6.07) is 4.04. The van der Waals surface area contributed by atoms with Crippen molar-refractivity contribution in [1.29, 1.82) is 0 Å². The molecule has 1 atom stereocenters. The molecule has 0 saturated carbocycles. The smallest absolute Gasteiger partial charge is 0.0948 e. The van der Waals surface area contributed by atoms with Gasteiger partial charge in [-0.25, -0.2) is 4.98 Å². The summed E-state index contributed by atoms with van der Waals surface area (Å²) in [7, 11) is 0. The predicted octanol–water partition coefficient (Wildman–Crippen LogP) is 3.55. The van der Waals surface area contributed by atoms with E-state index in [-0.39, 0.29) is 0 Å². The molecular weight excluding hydrogens is 294 g/mol. The van der Waals surface area contributed by atoms with Gasteiger partial charge < -0.3 is 5.11 Å². The van der Waals surface area contributed by atoms with Crippen LogP contribution in [0.25, 0.3) is 0 Å². The quantitative estimate of drug-likeness (QED) is 0.940. The van der Waals surface area contributed by atoms with Crippen LogP contribution in [0.5, 0.6) is 0 Å². The number of rotatable bonds is 3. The normalized spacial score (nSPS) is 13.0. The van der Waals surface area contributed by atoms with E-state index >= 15 is 0 Å². The number of halogens is 1. The van der Waals surface area contributed by atoms with Crippen molar-refractivity contribution in [2.24, 2.45) is 0 Å². The van der Waals surface area contributed by atoms with Crippen molar-refractivity contribution in [2.75, 3.05) is 0 Å². The van der Waals surface area contributed by atoms with Crippen LogP contribution in [-0.4, -0.2) is 10.1 Å². The van der Waals surface area contributed by atoms with E-state index in [9.17, 15) is 5.11 Å². The number of thiophene rings is 1. The van der Waals surface area contributed by atoms with Crippen LogP contribution in [-0.2, 0) is 6.42 Å². The topological polar surface area (TPSA) is 33.1 Å². The van der Waals surface area contributed by atoms with E-state index in [1.807, 2.05) is 19.1 Å². The Hall–Kier alpha value is -0.230. The van der Waals surface area contributed by atoms with Crippen molar-refractivity contribution in [2.45, 2.75) is 19.4 Å². The first-order chi connectivity index (χ1) is 7.16. The van der Waals surface area contributed by atoms with Crippen molar-refractivity contribution in [3.8, 4) is 0 Å². The second kappa shape index (κ2) is 4.74. The lowest BCUT2D eigenvalue weighted by Crippen LogP contribution is -1.99. The van der Waals surface area contributed by atoms with E-state index in [1.54, 1.807) is 16.8 Å². The standard InChI is InChI=1S/C10H10BrNOS2/c1-6-10(14-5-12-6)8(13)4-7-2-3-9(11)15-7/h2-3,5,8,13H,4H2,1H3. The first kappa shape index (κ1) is 11.3. The highest BCUT2D eigenvalue weighted by Crippen LogP contribution is 2.29. The van der Waals surface area contributed by atoms with Crippen LogP contribution in [0.4, 0.5) is 0 Å². The molecule has 0 aliphatic heterocycles. The van der Waals surface area contributed by atoms with Gasteiger partial charge in [0.15, 0.2) is 0 Å². The maximum absolute atomic E-state index is 10.0. The van der Waals surface area contributed by atoms with Crippen LogP contribution >= 0.6 is 38.6 Å². The summed E-state index contributed by atoms with van der Waals surface area (Å²) in [5, 5.41) is 10.0. The Bertz CT molecular complexity index is 452. The maximum Gasteiger partial charge on any atom is 0.0948 e. The van der Waals surface area contributed by atoms with Crippen molar-refractivity contribution in [1.82, 2.24) is 4.98 Å². The zero-order valence-corrected chi connectivity index (χ0v) is 11.3. The molecule has 0 spiro atoms. The Labute approximate surface area is 105 Å². The number of aliphatic hydroxyl groups is 1. The Morgan fingerprint density at radius 3 is 2.87 bits per heavy atom. The summed E-state index contributed by atoms with van der Waals surface area (Å²) in [5.74, 6) is 0. The zero-order valence-electron chi connectivity index (χ0n) is 8.11. The highest BCUT2D eigenvalue weighted by molar-refractivity contribution is 9.11. The summed E-state index contributed by atoms with van der Waals surface area (Å²) >= 11 is 6.59. The lowest BCUT2D eigenvalue weighted by Gasteiger charge is -2.07. The molecule has 15 heavy (non-hydrogen) atoms. The van der Waals surface area contributed by atoms with Crippen LogP contribution in [0, 0.1) is 6.92 Å². The lowest BCUT2D eigenvalue weighted by molar-refractivity contribution is 0.182. The van der Waals surface area contributed by atoms with E-state index in [0.29, 0.717) is 6.42 Å². The fourth-order valence-corrected chi connectivity index (χ4v) is 3.68. The molecule has 2 aromatic heterocycles. The fourth-order valence-electron chi connectivity index (χ4n) is 1.38. The first-order valence-electron chi connectivity index (χ1n) is 4.49. The third-order valence-electron chi connectivity index (χ3n) is 2.11. The second-order valence-electron chi connectivity index (χ2n) is 3.23. The number of aromatic nitrogens is 1. The Morgan fingerprint density at radius 2 is 2.33 bits per heavy atom. The summed E-state index contributed by atoms with van der Waals surface area (Å²) in [5.41, 5.74) is 2.71. The van der Waals surface area contributed by atoms with Crippen molar-refractivity contribution < 1.29 is 5.11 Å². The fraction of sp³-hybridized carbons (Fsp3) is 0.300. The number of thiazole rings is 1. The molecule has 2 heterocycles. The average Bonchev–Trinajstić information content (AvgIpc) is 2.75. The minimum absolute atomic E-state index is 0.428. The van der Waals surface area contributed by atoms with Gasteiger partial charge in [-0.05, 0) is 35.0 Å². The molecule has 2 aromatic rings. The second-order valence-corrected chi connectivity index (χ2v) is 6.66. The Kier molecular flexibility index (Phi) is 3.56. The van der Waals surface area contributed by atoms with E-state index in [2.05, 4.69) is 20.9 Å². The van der Waals surface area contributed by atoms with Gasteiger partial charge in [0.25, 0.3) is 0 Å². The summed E-state index contributed by atoms with van der Waals surface area (Å²) in [4.78, 5) is 6.29. The van der Waals surface area contributed by atoms with E-state index in [4.69, 9.17) is 0 Å². The molecule has 0 aliphatic rings. The lowest BCUT2D eigenvalue weighted by atomic mass is 10.2. The molecule has 2 nitrogen and oxygen atoms in total. The monoisotopic (exact) mass is 303 g/mol. The van der Waals surface area contributed by atoms with Gasteiger partial charge in [-0.2, -0.15) is 0 Å². The molecule has 0 radical (unpaired) electrons. The molecule has 1 unspecified atom stereocenters. The highest BCUT2D eigenvalue weighted by atomic mass is 79.9. The van der Waals surface area contributed by atoms with Crippen LogP contribution < -0.4 is 0 Å². The maximum atomic E-state index is 10.0. The average molecular weight is 304 g/mol. The van der Waals surface area contributed by atoms with E-state index < -0.39 is 6.10 Å². The number of nitrogens with zero attached hydrogens (tertiary/aromatic N) is 1. The molecule has 0 aromatic carbocycles. The van der Waals surface area contributed by atoms with Gasteiger partial charge >= 0.3 is 0 Å². The van der Waals surface area contributed by atoms with Crippen molar-refractivity contribution in [3.63, 3.8) is 0 Å². The molecular formula is C10H10BrNOS2. The number of aryl methyl sites for hydroxylation is 1. The van der Waals surface area contributed by atoms with Gasteiger partial charge in [0, 0.05) is 11.3 Å². The first-order valence-corrected chi connectivity index (χ1v) is 6.98.